The molecule has 4 aromatic rings. The van der Waals surface area contributed by atoms with Crippen LogP contribution in [-0.4, -0.2) is 34.4 Å². The number of fused-ring (bicyclic) bond motifs is 1. The summed E-state index contributed by atoms with van der Waals surface area (Å²) >= 11 is 0. The van der Waals surface area contributed by atoms with Crippen molar-refractivity contribution in [3.63, 3.8) is 0 Å². The Balaban J connectivity index is 1.97. The second-order valence-electron chi connectivity index (χ2n) is 7.60. The molecule has 0 saturated carbocycles. The van der Waals surface area contributed by atoms with Gasteiger partial charge in [0.2, 0.25) is 5.91 Å². The topological polar surface area (TPSA) is 75.5 Å². The average Bonchev–Trinajstić information content (AvgIpc) is 3.18. The Hall–Kier alpha value is -4.54. The van der Waals surface area contributed by atoms with E-state index in [1.807, 2.05) is 0 Å². The van der Waals surface area contributed by atoms with Crippen LogP contribution in [-0.2, 0) is 9.59 Å². The number of nitrogens with one attached hydrogen (secondary N) is 2. The van der Waals surface area contributed by atoms with E-state index in [1.54, 1.807) is 41.7 Å². The van der Waals surface area contributed by atoms with Crippen molar-refractivity contribution in [2.75, 3.05) is 12.4 Å². The summed E-state index contributed by atoms with van der Waals surface area (Å²) in [4.78, 5) is 27.9. The number of benzene rings is 2. The molecule has 0 spiro atoms. The number of halogens is 5. The normalized spacial score (nSPS) is 12.0. The minimum Gasteiger partial charge on any atom is -0.356 e. The smallest absolute Gasteiger partial charge is 0.356 e. The summed E-state index contributed by atoms with van der Waals surface area (Å²) in [7, 11) is 1.45. The maximum atomic E-state index is 14.0. The van der Waals surface area contributed by atoms with Gasteiger partial charge >= 0.3 is 12.1 Å². The van der Waals surface area contributed by atoms with Crippen LogP contribution in [0.1, 0.15) is 11.1 Å². The Kier molecular flexibility index (Phi) is 6.56. The van der Waals surface area contributed by atoms with Crippen LogP contribution in [0.3, 0.4) is 0 Å². The Labute approximate surface area is 201 Å². The van der Waals surface area contributed by atoms with Crippen LogP contribution in [0.5, 0.6) is 0 Å². The highest BCUT2D eigenvalue weighted by molar-refractivity contribution is 6.00. The van der Waals surface area contributed by atoms with E-state index >= 15 is 0 Å². The number of aromatic nitrogens is 2. The zero-order chi connectivity index (χ0) is 26.0. The molecule has 0 fully saturated rings. The fourth-order valence-electron chi connectivity index (χ4n) is 3.59. The number of pyridine rings is 1. The van der Waals surface area contributed by atoms with Gasteiger partial charge in [0.25, 0.3) is 0 Å². The standard InChI is InChI=1S/C25H17F5N4O2/c1-31-21(35)12-19(14-5-3-2-4-6-14)15-7-8-20-32-23(33-24(36)25(28,29)30)22(34(20)13-15)16-9-17(26)11-18(27)10-16/h2-13H,1H3,(H,31,35)(H,33,36). The molecule has 0 aliphatic heterocycles. The van der Waals surface area contributed by atoms with Gasteiger partial charge in [-0.25, -0.2) is 13.8 Å². The Morgan fingerprint density at radius 2 is 1.61 bits per heavy atom. The molecule has 2 N–H and O–H groups in total. The minimum atomic E-state index is -5.22. The molecule has 6 nitrogen and oxygen atoms in total. The highest BCUT2D eigenvalue weighted by Crippen LogP contribution is 2.33. The van der Waals surface area contributed by atoms with Crippen LogP contribution in [0.25, 0.3) is 22.5 Å². The second kappa shape index (κ2) is 9.61. The molecule has 4 rings (SSSR count). The van der Waals surface area contributed by atoms with Crippen molar-refractivity contribution in [3.05, 3.63) is 95.7 Å². The Morgan fingerprint density at radius 1 is 0.944 bits per heavy atom. The van der Waals surface area contributed by atoms with E-state index in [9.17, 15) is 31.5 Å². The van der Waals surface area contributed by atoms with E-state index in [1.165, 1.54) is 29.8 Å². The first-order chi connectivity index (χ1) is 17.1. The fourth-order valence-corrected chi connectivity index (χ4v) is 3.59. The number of alkyl halides is 3. The monoisotopic (exact) mass is 500 g/mol. The second-order valence-corrected chi connectivity index (χ2v) is 7.60. The first-order valence-electron chi connectivity index (χ1n) is 10.4. The number of carbonyl (C=O) groups is 2. The number of carbonyl (C=O) groups excluding carboxylic acids is 2. The van der Waals surface area contributed by atoms with Crippen molar-refractivity contribution >= 4 is 28.9 Å². The first-order valence-corrected chi connectivity index (χ1v) is 10.4. The Morgan fingerprint density at radius 3 is 2.22 bits per heavy atom. The summed E-state index contributed by atoms with van der Waals surface area (Å²) in [5.41, 5.74) is 1.30. The van der Waals surface area contributed by atoms with Crippen LogP contribution < -0.4 is 10.6 Å². The van der Waals surface area contributed by atoms with E-state index < -0.39 is 35.4 Å². The molecule has 0 aliphatic rings. The first kappa shape index (κ1) is 24.6. The van der Waals surface area contributed by atoms with Crippen molar-refractivity contribution < 1.29 is 31.5 Å². The predicted octanol–water partition coefficient (Wildman–Crippen LogP) is 4.96. The third kappa shape index (κ3) is 5.09. The molecule has 2 aromatic carbocycles. The van der Waals surface area contributed by atoms with E-state index in [4.69, 9.17) is 0 Å². The van der Waals surface area contributed by atoms with E-state index in [0.29, 0.717) is 22.8 Å². The molecule has 0 bridgehead atoms. The van der Waals surface area contributed by atoms with Crippen LogP contribution in [0.2, 0.25) is 0 Å². The molecular formula is C25H17F5N4O2. The van der Waals surface area contributed by atoms with Crippen LogP contribution in [0.4, 0.5) is 27.8 Å². The van der Waals surface area contributed by atoms with Gasteiger partial charge in [-0.1, -0.05) is 30.3 Å². The minimum absolute atomic E-state index is 0.0863. The average molecular weight is 500 g/mol. The van der Waals surface area contributed by atoms with Crippen molar-refractivity contribution in [2.24, 2.45) is 0 Å². The van der Waals surface area contributed by atoms with E-state index in [-0.39, 0.29) is 16.9 Å². The number of imidazole rings is 1. The highest BCUT2D eigenvalue weighted by atomic mass is 19.4. The largest absolute Gasteiger partial charge is 0.471 e. The van der Waals surface area contributed by atoms with Gasteiger partial charge in [0.1, 0.15) is 17.3 Å². The zero-order valence-corrected chi connectivity index (χ0v) is 18.5. The van der Waals surface area contributed by atoms with Crippen molar-refractivity contribution in [1.82, 2.24) is 14.7 Å². The van der Waals surface area contributed by atoms with Gasteiger partial charge in [0, 0.05) is 31.0 Å². The van der Waals surface area contributed by atoms with Gasteiger partial charge in [-0.2, -0.15) is 13.2 Å². The van der Waals surface area contributed by atoms with Crippen LogP contribution in [0, 0.1) is 11.6 Å². The summed E-state index contributed by atoms with van der Waals surface area (Å²) in [5, 5.41) is 4.17. The van der Waals surface area contributed by atoms with Gasteiger partial charge in [0.05, 0.1) is 5.69 Å². The summed E-state index contributed by atoms with van der Waals surface area (Å²) in [6, 6.07) is 14.2. The predicted molar refractivity (Wildman–Crippen MR) is 123 cm³/mol. The number of rotatable bonds is 5. The highest BCUT2D eigenvalue weighted by Gasteiger charge is 2.39. The van der Waals surface area contributed by atoms with Gasteiger partial charge in [-0.05, 0) is 41.0 Å². The number of amides is 2. The van der Waals surface area contributed by atoms with Crippen molar-refractivity contribution in [2.45, 2.75) is 6.18 Å². The molecule has 0 radical (unpaired) electrons. The summed E-state index contributed by atoms with van der Waals surface area (Å²) in [6.07, 6.45) is -2.44. The van der Waals surface area contributed by atoms with Gasteiger partial charge in [-0.15, -0.1) is 0 Å². The molecule has 2 amide bonds. The molecule has 2 heterocycles. The van der Waals surface area contributed by atoms with Crippen molar-refractivity contribution in [1.29, 1.82) is 0 Å². The maximum absolute atomic E-state index is 14.0. The lowest BCUT2D eigenvalue weighted by molar-refractivity contribution is -0.167. The third-order valence-corrected chi connectivity index (χ3v) is 5.16. The molecule has 0 unspecified atom stereocenters. The van der Waals surface area contributed by atoms with E-state index in [2.05, 4.69) is 10.3 Å². The number of hydrogen-bond donors (Lipinski definition) is 2. The lowest BCUT2D eigenvalue weighted by atomic mass is 9.98. The Bertz CT molecular complexity index is 1470. The molecule has 11 heteroatoms. The summed E-state index contributed by atoms with van der Waals surface area (Å²) < 4.78 is 68.2. The zero-order valence-electron chi connectivity index (χ0n) is 18.5. The summed E-state index contributed by atoms with van der Waals surface area (Å²) in [5.74, 6) is -5.21. The molecular weight excluding hydrogens is 483 g/mol. The van der Waals surface area contributed by atoms with Crippen molar-refractivity contribution in [3.8, 4) is 11.3 Å². The fraction of sp³-hybridized carbons (Fsp3) is 0.0800. The van der Waals surface area contributed by atoms with E-state index in [0.717, 1.165) is 12.1 Å². The van der Waals surface area contributed by atoms with Crippen LogP contribution >= 0.6 is 0 Å². The number of likely N-dealkylation sites (N-methyl/N-ethyl adjacent to an activating group) is 1. The number of anilines is 1. The number of hydrogen-bond acceptors (Lipinski definition) is 3. The van der Waals surface area contributed by atoms with Gasteiger partial charge < -0.3 is 10.6 Å². The molecule has 0 aliphatic carbocycles. The molecule has 0 saturated heterocycles. The van der Waals surface area contributed by atoms with Gasteiger partial charge in [0.15, 0.2) is 5.82 Å². The van der Waals surface area contributed by atoms with Crippen LogP contribution in [0.15, 0.2) is 72.9 Å². The SMILES string of the molecule is CNC(=O)C=C(c1ccccc1)c1ccc2nc(NC(=O)C(F)(F)F)c(-c3cc(F)cc(F)c3)n2c1. The number of nitrogens with zero attached hydrogens (tertiary/aromatic N) is 2. The molecule has 0 atom stereocenters. The summed E-state index contributed by atoms with van der Waals surface area (Å²) in [6.45, 7) is 0. The quantitative estimate of drug-likeness (QED) is 0.301. The molecule has 184 valence electrons. The lowest BCUT2D eigenvalue weighted by Crippen LogP contribution is -2.30. The molecule has 2 aromatic heterocycles. The molecule has 36 heavy (non-hydrogen) atoms. The third-order valence-electron chi connectivity index (χ3n) is 5.16. The van der Waals surface area contributed by atoms with Gasteiger partial charge in [-0.3, -0.25) is 14.0 Å². The maximum Gasteiger partial charge on any atom is 0.471 e. The lowest BCUT2D eigenvalue weighted by Gasteiger charge is -2.12.